The van der Waals surface area contributed by atoms with E-state index in [1.807, 2.05) is 0 Å². The summed E-state index contributed by atoms with van der Waals surface area (Å²) in [7, 11) is 0. The maximum Gasteiger partial charge on any atom is 0.138 e. The van der Waals surface area contributed by atoms with Crippen molar-refractivity contribution >= 4 is 5.78 Å². The van der Waals surface area contributed by atoms with Gasteiger partial charge in [-0.2, -0.15) is 0 Å². The summed E-state index contributed by atoms with van der Waals surface area (Å²) in [6, 6.07) is 6.78. The minimum absolute atomic E-state index is 0.0544. The fourth-order valence-electron chi connectivity index (χ4n) is 1.51. The lowest BCUT2D eigenvalue weighted by Crippen LogP contribution is -2.37. The average Bonchev–Trinajstić information content (AvgIpc) is 2.19. The molecule has 0 unspecified atom stereocenters. The second kappa shape index (κ2) is 5.82. The number of aromatic hydroxyl groups is 1. The third-order valence-electron chi connectivity index (χ3n) is 2.40. The lowest BCUT2D eigenvalue weighted by molar-refractivity contribution is -0.118. The largest absolute Gasteiger partial charge is 0.508 e. The van der Waals surface area contributed by atoms with E-state index in [4.69, 9.17) is 5.11 Å². The summed E-state index contributed by atoms with van der Waals surface area (Å²) in [5.74, 6) is 0.447. The highest BCUT2D eigenvalue weighted by atomic mass is 16.3. The number of nitrogens with one attached hydrogen (secondary N) is 1. The minimum Gasteiger partial charge on any atom is -0.508 e. The second-order valence-electron chi connectivity index (χ2n) is 5.31. The number of carbonyl (C=O) groups excluding carboxylic acids is 1. The van der Waals surface area contributed by atoms with E-state index in [1.165, 1.54) is 0 Å². The number of phenolic OH excluding ortho intramolecular Hbond substituents is 1. The summed E-state index contributed by atoms with van der Waals surface area (Å²) in [6.45, 7) is 6.95. The molecule has 0 aliphatic carbocycles. The highest BCUT2D eigenvalue weighted by Crippen LogP contribution is 2.10. The van der Waals surface area contributed by atoms with Crippen LogP contribution in [0.4, 0.5) is 0 Å². The first kappa shape index (κ1) is 13.7. The summed E-state index contributed by atoms with van der Waals surface area (Å²) in [6.07, 6.45) is 0.976. The molecule has 3 nitrogen and oxygen atoms in total. The molecule has 1 aromatic rings. The number of hydrogen-bond acceptors (Lipinski definition) is 3. The van der Waals surface area contributed by atoms with E-state index < -0.39 is 0 Å². The van der Waals surface area contributed by atoms with Gasteiger partial charge in [0.15, 0.2) is 0 Å². The molecule has 17 heavy (non-hydrogen) atoms. The van der Waals surface area contributed by atoms with Crippen LogP contribution in [0.3, 0.4) is 0 Å². The molecule has 3 heteroatoms. The van der Waals surface area contributed by atoms with Crippen LogP contribution in [0.2, 0.25) is 0 Å². The van der Waals surface area contributed by atoms with E-state index >= 15 is 0 Å². The van der Waals surface area contributed by atoms with Gasteiger partial charge >= 0.3 is 0 Å². The fraction of sp³-hybridized carbons (Fsp3) is 0.500. The van der Waals surface area contributed by atoms with Crippen LogP contribution in [0.25, 0.3) is 0 Å². The Bertz CT molecular complexity index is 363. The predicted molar refractivity (Wildman–Crippen MR) is 69.2 cm³/mol. The molecule has 0 aromatic heterocycles. The van der Waals surface area contributed by atoms with Gasteiger partial charge in [-0.05, 0) is 38.5 Å². The summed E-state index contributed by atoms with van der Waals surface area (Å²) in [5.41, 5.74) is 1.00. The molecule has 1 aromatic carbocycles. The number of phenols is 1. The van der Waals surface area contributed by atoms with E-state index in [2.05, 4.69) is 26.1 Å². The molecule has 0 aliphatic heterocycles. The van der Waals surface area contributed by atoms with Crippen LogP contribution >= 0.6 is 0 Å². The van der Waals surface area contributed by atoms with Gasteiger partial charge < -0.3 is 10.4 Å². The zero-order valence-electron chi connectivity index (χ0n) is 10.8. The van der Waals surface area contributed by atoms with E-state index in [-0.39, 0.29) is 17.1 Å². The standard InChI is InChI=1S/C14H21NO2/c1-14(2,3)15-9-8-13(17)10-11-4-6-12(16)7-5-11/h4-7,15-16H,8-10H2,1-3H3. The van der Waals surface area contributed by atoms with Gasteiger partial charge in [0.1, 0.15) is 11.5 Å². The predicted octanol–water partition coefficient (Wildman–Crippen LogP) is 2.28. The van der Waals surface area contributed by atoms with Crippen molar-refractivity contribution in [2.45, 2.75) is 39.2 Å². The monoisotopic (exact) mass is 235 g/mol. The maximum absolute atomic E-state index is 11.7. The Balaban J connectivity index is 2.32. The van der Waals surface area contributed by atoms with Crippen molar-refractivity contribution in [1.82, 2.24) is 5.32 Å². The number of rotatable bonds is 5. The third kappa shape index (κ3) is 6.07. The lowest BCUT2D eigenvalue weighted by atomic mass is 10.1. The molecule has 0 saturated carbocycles. The number of ketones is 1. The van der Waals surface area contributed by atoms with Crippen LogP contribution < -0.4 is 5.32 Å². The summed E-state index contributed by atoms with van der Waals surface area (Å²) in [5, 5.41) is 12.4. The highest BCUT2D eigenvalue weighted by molar-refractivity contribution is 5.81. The van der Waals surface area contributed by atoms with Crippen LogP contribution in [0, 0.1) is 0 Å². The number of benzene rings is 1. The Morgan fingerprint density at radius 3 is 2.35 bits per heavy atom. The molecule has 1 rings (SSSR count). The molecule has 0 atom stereocenters. The number of carbonyl (C=O) groups is 1. The van der Waals surface area contributed by atoms with Crippen molar-refractivity contribution in [3.63, 3.8) is 0 Å². The quantitative estimate of drug-likeness (QED) is 0.823. The smallest absolute Gasteiger partial charge is 0.138 e. The van der Waals surface area contributed by atoms with Gasteiger partial charge in [0.25, 0.3) is 0 Å². The van der Waals surface area contributed by atoms with Crippen LogP contribution in [-0.4, -0.2) is 23.0 Å². The van der Waals surface area contributed by atoms with Crippen molar-refractivity contribution < 1.29 is 9.90 Å². The van der Waals surface area contributed by atoms with E-state index in [0.29, 0.717) is 19.4 Å². The van der Waals surface area contributed by atoms with E-state index in [9.17, 15) is 4.79 Å². The number of hydrogen-bond donors (Lipinski definition) is 2. The Morgan fingerprint density at radius 2 is 1.82 bits per heavy atom. The highest BCUT2D eigenvalue weighted by Gasteiger charge is 2.09. The zero-order chi connectivity index (χ0) is 12.9. The third-order valence-corrected chi connectivity index (χ3v) is 2.40. The molecule has 94 valence electrons. The van der Waals surface area contributed by atoms with Crippen LogP contribution in [-0.2, 0) is 11.2 Å². The molecular weight excluding hydrogens is 214 g/mol. The molecule has 2 N–H and O–H groups in total. The van der Waals surface area contributed by atoms with Gasteiger partial charge in [-0.15, -0.1) is 0 Å². The SMILES string of the molecule is CC(C)(C)NCCC(=O)Cc1ccc(O)cc1. The van der Waals surface area contributed by atoms with Gasteiger partial charge in [0.2, 0.25) is 0 Å². The molecule has 0 fully saturated rings. The Kier molecular flexibility index (Phi) is 4.70. The van der Waals surface area contributed by atoms with Crippen LogP contribution in [0.15, 0.2) is 24.3 Å². The minimum atomic E-state index is 0.0544. The van der Waals surface area contributed by atoms with Gasteiger partial charge in [-0.3, -0.25) is 4.79 Å². The second-order valence-corrected chi connectivity index (χ2v) is 5.31. The Labute approximate surface area is 103 Å². The van der Waals surface area contributed by atoms with Crippen LogP contribution in [0.5, 0.6) is 5.75 Å². The fourth-order valence-corrected chi connectivity index (χ4v) is 1.51. The Morgan fingerprint density at radius 1 is 1.24 bits per heavy atom. The first-order valence-electron chi connectivity index (χ1n) is 5.91. The van der Waals surface area contributed by atoms with Gasteiger partial charge in [0, 0.05) is 24.9 Å². The molecule has 0 radical (unpaired) electrons. The zero-order valence-corrected chi connectivity index (χ0v) is 10.8. The van der Waals surface area contributed by atoms with Crippen molar-refractivity contribution in [3.05, 3.63) is 29.8 Å². The Hall–Kier alpha value is -1.35. The van der Waals surface area contributed by atoms with E-state index in [1.54, 1.807) is 24.3 Å². The van der Waals surface area contributed by atoms with Crippen molar-refractivity contribution in [1.29, 1.82) is 0 Å². The van der Waals surface area contributed by atoms with Gasteiger partial charge in [-0.25, -0.2) is 0 Å². The average molecular weight is 235 g/mol. The van der Waals surface area contributed by atoms with Gasteiger partial charge in [-0.1, -0.05) is 12.1 Å². The van der Waals surface area contributed by atoms with Crippen molar-refractivity contribution in [3.8, 4) is 5.75 Å². The normalized spacial score (nSPS) is 11.5. The van der Waals surface area contributed by atoms with Crippen molar-refractivity contribution in [2.24, 2.45) is 0 Å². The first-order valence-corrected chi connectivity index (χ1v) is 5.91. The first-order chi connectivity index (χ1) is 7.87. The number of Topliss-reactive ketones (excluding diaryl/α,β-unsaturated/α-hetero) is 1. The van der Waals surface area contributed by atoms with E-state index in [0.717, 1.165) is 5.56 Å². The molecule has 0 saturated heterocycles. The molecule has 0 bridgehead atoms. The van der Waals surface area contributed by atoms with Gasteiger partial charge in [0.05, 0.1) is 0 Å². The summed E-state index contributed by atoms with van der Waals surface area (Å²) < 4.78 is 0. The molecule has 0 heterocycles. The molecule has 0 amide bonds. The lowest BCUT2D eigenvalue weighted by Gasteiger charge is -2.20. The maximum atomic E-state index is 11.7. The topological polar surface area (TPSA) is 49.3 Å². The summed E-state index contributed by atoms with van der Waals surface area (Å²) in [4.78, 5) is 11.7. The van der Waals surface area contributed by atoms with Crippen molar-refractivity contribution in [2.75, 3.05) is 6.54 Å². The molecule has 0 spiro atoms. The van der Waals surface area contributed by atoms with Crippen LogP contribution in [0.1, 0.15) is 32.8 Å². The molecule has 0 aliphatic rings. The molecular formula is C14H21NO2. The summed E-state index contributed by atoms with van der Waals surface area (Å²) >= 11 is 0.